The van der Waals surface area contributed by atoms with Crippen molar-refractivity contribution >= 4 is 21.7 Å². The lowest BCUT2D eigenvalue weighted by molar-refractivity contribution is 0.318. The number of amidine groups is 1. The van der Waals surface area contributed by atoms with Crippen molar-refractivity contribution in [3.63, 3.8) is 0 Å². The molecule has 7 nitrogen and oxygen atoms in total. The molecular weight excluding hydrogens is 268 g/mol. The molecule has 0 unspecified atom stereocenters. The molecule has 1 rings (SSSR count). The minimum Gasteiger partial charge on any atom is -0.409 e. The van der Waals surface area contributed by atoms with Crippen molar-refractivity contribution in [3.8, 4) is 0 Å². The molecule has 0 aliphatic heterocycles. The van der Waals surface area contributed by atoms with Gasteiger partial charge in [-0.15, -0.1) is 0 Å². The van der Waals surface area contributed by atoms with Gasteiger partial charge in [0.25, 0.3) is 0 Å². The van der Waals surface area contributed by atoms with Crippen LogP contribution in [0.25, 0.3) is 0 Å². The van der Waals surface area contributed by atoms with Crippen molar-refractivity contribution in [2.75, 3.05) is 11.8 Å². The van der Waals surface area contributed by atoms with E-state index in [1.807, 2.05) is 0 Å². The summed E-state index contributed by atoms with van der Waals surface area (Å²) in [4.78, 5) is 0. The van der Waals surface area contributed by atoms with Gasteiger partial charge < -0.3 is 10.9 Å². The molecule has 0 aromatic heterocycles. The number of nitrogens with one attached hydrogen (secondary N) is 1. The van der Waals surface area contributed by atoms with Gasteiger partial charge in [0.15, 0.2) is 5.84 Å². The van der Waals surface area contributed by atoms with Gasteiger partial charge in [-0.2, -0.15) is 12.7 Å². The van der Waals surface area contributed by atoms with E-state index in [4.69, 9.17) is 10.9 Å². The fraction of sp³-hybridized carbons (Fsp3) is 0.364. The molecule has 0 spiro atoms. The van der Waals surface area contributed by atoms with E-state index in [0.717, 1.165) is 0 Å². The van der Waals surface area contributed by atoms with Gasteiger partial charge in [0.1, 0.15) is 0 Å². The number of oxime groups is 1. The normalized spacial score (nSPS) is 13.0. The summed E-state index contributed by atoms with van der Waals surface area (Å²) in [6, 6.07) is 6.23. The summed E-state index contributed by atoms with van der Waals surface area (Å²) in [7, 11) is -2.21. The number of benzene rings is 1. The predicted octanol–water partition coefficient (Wildman–Crippen LogP) is 0.778. The molecule has 0 atom stereocenters. The van der Waals surface area contributed by atoms with E-state index in [2.05, 4.69) is 9.88 Å². The Kier molecular flexibility index (Phi) is 4.73. The molecule has 0 saturated heterocycles. The fourth-order valence-corrected chi connectivity index (χ4v) is 2.49. The molecule has 106 valence electrons. The Hall–Kier alpha value is -1.80. The Balaban J connectivity index is 3.14. The van der Waals surface area contributed by atoms with Gasteiger partial charge in [-0.1, -0.05) is 17.3 Å². The minimum absolute atomic E-state index is 0.162. The molecule has 0 heterocycles. The molecule has 0 radical (unpaired) electrons. The summed E-state index contributed by atoms with van der Waals surface area (Å²) in [5.41, 5.74) is 6.07. The van der Waals surface area contributed by atoms with E-state index >= 15 is 0 Å². The van der Waals surface area contributed by atoms with E-state index in [-0.39, 0.29) is 17.6 Å². The van der Waals surface area contributed by atoms with Crippen LogP contribution >= 0.6 is 0 Å². The van der Waals surface area contributed by atoms with Crippen molar-refractivity contribution < 1.29 is 13.6 Å². The topological polar surface area (TPSA) is 108 Å². The summed E-state index contributed by atoms with van der Waals surface area (Å²) in [6.07, 6.45) is 0. The molecule has 0 bridgehead atoms. The van der Waals surface area contributed by atoms with Crippen LogP contribution in [0, 0.1) is 0 Å². The molecule has 0 fully saturated rings. The highest BCUT2D eigenvalue weighted by molar-refractivity contribution is 7.90. The zero-order valence-electron chi connectivity index (χ0n) is 11.0. The van der Waals surface area contributed by atoms with Crippen LogP contribution in [0.1, 0.15) is 19.4 Å². The highest BCUT2D eigenvalue weighted by Gasteiger charge is 2.21. The smallest absolute Gasteiger partial charge is 0.301 e. The zero-order chi connectivity index (χ0) is 14.6. The Bertz CT molecular complexity index is 569. The average Bonchev–Trinajstić information content (AvgIpc) is 2.37. The molecule has 19 heavy (non-hydrogen) atoms. The Labute approximate surface area is 112 Å². The highest BCUT2D eigenvalue weighted by atomic mass is 32.2. The van der Waals surface area contributed by atoms with E-state index in [0.29, 0.717) is 5.56 Å². The summed E-state index contributed by atoms with van der Waals surface area (Å²) in [6.45, 7) is 3.52. The van der Waals surface area contributed by atoms with Crippen molar-refractivity contribution in [2.24, 2.45) is 10.9 Å². The summed E-state index contributed by atoms with van der Waals surface area (Å²) >= 11 is 0. The Morgan fingerprint density at radius 2 is 2.00 bits per heavy atom. The lowest BCUT2D eigenvalue weighted by Gasteiger charge is -2.22. The first-order valence-corrected chi connectivity index (χ1v) is 7.06. The van der Waals surface area contributed by atoms with E-state index in [9.17, 15) is 8.42 Å². The largest absolute Gasteiger partial charge is 0.409 e. The van der Waals surface area contributed by atoms with Crippen molar-refractivity contribution in [3.05, 3.63) is 29.8 Å². The van der Waals surface area contributed by atoms with Gasteiger partial charge in [-0.05, 0) is 26.0 Å². The predicted molar refractivity (Wildman–Crippen MR) is 74.4 cm³/mol. The minimum atomic E-state index is -3.69. The van der Waals surface area contributed by atoms with Crippen LogP contribution in [0.2, 0.25) is 0 Å². The molecule has 0 aliphatic rings. The maximum absolute atomic E-state index is 12.1. The Morgan fingerprint density at radius 3 is 2.53 bits per heavy atom. The monoisotopic (exact) mass is 286 g/mol. The van der Waals surface area contributed by atoms with E-state index < -0.39 is 10.2 Å². The summed E-state index contributed by atoms with van der Waals surface area (Å²) in [5, 5.41) is 11.6. The van der Waals surface area contributed by atoms with Gasteiger partial charge in [-0.3, -0.25) is 4.72 Å². The molecule has 0 saturated carbocycles. The van der Waals surface area contributed by atoms with Crippen LogP contribution in [-0.4, -0.2) is 36.9 Å². The molecule has 4 N–H and O–H groups in total. The molecule has 0 aliphatic carbocycles. The highest BCUT2D eigenvalue weighted by Crippen LogP contribution is 2.18. The van der Waals surface area contributed by atoms with E-state index in [1.54, 1.807) is 38.1 Å². The van der Waals surface area contributed by atoms with Gasteiger partial charge in [0.05, 0.1) is 5.69 Å². The number of nitrogens with zero attached hydrogens (tertiary/aromatic N) is 2. The second kappa shape index (κ2) is 5.89. The first kappa shape index (κ1) is 15.3. The maximum atomic E-state index is 12.1. The summed E-state index contributed by atoms with van der Waals surface area (Å²) in [5.74, 6) is -0.162. The lowest BCUT2D eigenvalue weighted by atomic mass is 10.2. The maximum Gasteiger partial charge on any atom is 0.301 e. The molecule has 1 aromatic carbocycles. The standard InChI is InChI=1S/C11H18N4O3S/c1-8(2)15(3)19(17,18)14-10-7-5-4-6-9(10)11(12)13-16/h4-8,14,16H,1-3H3,(H2,12,13). The van der Waals surface area contributed by atoms with Crippen molar-refractivity contribution in [1.82, 2.24) is 4.31 Å². The molecule has 0 amide bonds. The number of hydrogen-bond donors (Lipinski definition) is 3. The van der Waals surface area contributed by atoms with E-state index in [1.165, 1.54) is 11.4 Å². The number of nitrogens with two attached hydrogens (primary N) is 1. The summed E-state index contributed by atoms with van der Waals surface area (Å²) < 4.78 is 27.8. The molecule has 1 aromatic rings. The van der Waals surface area contributed by atoms with Crippen LogP contribution in [-0.2, 0) is 10.2 Å². The molecular formula is C11H18N4O3S. The second-order valence-corrected chi connectivity index (χ2v) is 5.98. The SMILES string of the molecule is CC(C)N(C)S(=O)(=O)Nc1ccccc1/C(N)=N/O. The number of hydrogen-bond acceptors (Lipinski definition) is 4. The number of para-hydroxylation sites is 1. The molecule has 8 heteroatoms. The third-order valence-electron chi connectivity index (χ3n) is 2.66. The van der Waals surface area contributed by atoms with Gasteiger partial charge >= 0.3 is 10.2 Å². The lowest BCUT2D eigenvalue weighted by Crippen LogP contribution is -2.37. The van der Waals surface area contributed by atoms with Crippen molar-refractivity contribution in [2.45, 2.75) is 19.9 Å². The zero-order valence-corrected chi connectivity index (χ0v) is 11.8. The van der Waals surface area contributed by atoms with Crippen LogP contribution in [0.15, 0.2) is 29.4 Å². The van der Waals surface area contributed by atoms with Gasteiger partial charge in [0, 0.05) is 18.7 Å². The third-order valence-corrected chi connectivity index (χ3v) is 4.31. The first-order chi connectivity index (χ1) is 8.79. The van der Waals surface area contributed by atoms with Crippen molar-refractivity contribution in [1.29, 1.82) is 0 Å². The first-order valence-electron chi connectivity index (χ1n) is 5.62. The van der Waals surface area contributed by atoms with Gasteiger partial charge in [0.2, 0.25) is 0 Å². The van der Waals surface area contributed by atoms with Gasteiger partial charge in [-0.25, -0.2) is 0 Å². The average molecular weight is 286 g/mol. The number of rotatable bonds is 5. The fourth-order valence-electron chi connectivity index (χ4n) is 1.34. The third kappa shape index (κ3) is 3.58. The van der Waals surface area contributed by atoms with Crippen LogP contribution in [0.4, 0.5) is 5.69 Å². The Morgan fingerprint density at radius 1 is 1.42 bits per heavy atom. The van der Waals surface area contributed by atoms with Crippen LogP contribution in [0.3, 0.4) is 0 Å². The van der Waals surface area contributed by atoms with Crippen LogP contribution in [0.5, 0.6) is 0 Å². The second-order valence-electron chi connectivity index (χ2n) is 4.25. The van der Waals surface area contributed by atoms with Crippen LogP contribution < -0.4 is 10.5 Å². The quantitative estimate of drug-likeness (QED) is 0.321. The number of anilines is 1.